The third-order valence-electron chi connectivity index (χ3n) is 5.23. The summed E-state index contributed by atoms with van der Waals surface area (Å²) in [7, 11) is 0. The summed E-state index contributed by atoms with van der Waals surface area (Å²) in [5, 5.41) is 4.47. The molecule has 3 aromatic heterocycles. The minimum Gasteiger partial charge on any atom is -0.368 e. The van der Waals surface area contributed by atoms with Gasteiger partial charge in [-0.2, -0.15) is 5.10 Å². The lowest BCUT2D eigenvalue weighted by Crippen LogP contribution is -2.47. The van der Waals surface area contributed by atoms with E-state index in [1.54, 1.807) is 0 Å². The molecule has 6 nitrogen and oxygen atoms in total. The Kier molecular flexibility index (Phi) is 3.81. The lowest BCUT2D eigenvalue weighted by Gasteiger charge is -2.37. The van der Waals surface area contributed by atoms with Crippen LogP contribution >= 0.6 is 0 Å². The summed E-state index contributed by atoms with van der Waals surface area (Å²) in [6.07, 6.45) is 5.76. The third kappa shape index (κ3) is 2.93. The highest BCUT2D eigenvalue weighted by Crippen LogP contribution is 2.22. The molecule has 0 N–H and O–H groups in total. The normalized spacial score (nSPS) is 14.9. The molecule has 1 fully saturated rings. The summed E-state index contributed by atoms with van der Waals surface area (Å²) in [5.74, 6) is 1.17. The molecule has 0 aliphatic carbocycles. The minimum absolute atomic E-state index is 0.988. The maximum absolute atomic E-state index is 4.47. The zero-order valence-corrected chi connectivity index (χ0v) is 15.4. The summed E-state index contributed by atoms with van der Waals surface area (Å²) in [6, 6.07) is 17.1. The van der Waals surface area contributed by atoms with E-state index in [1.165, 1.54) is 11.5 Å². The van der Waals surface area contributed by atoms with E-state index in [-0.39, 0.29) is 0 Å². The van der Waals surface area contributed by atoms with Gasteiger partial charge in [-0.15, -0.1) is 0 Å². The molecular weight excluding hydrogens is 336 g/mol. The van der Waals surface area contributed by atoms with Gasteiger partial charge >= 0.3 is 0 Å². The first-order chi connectivity index (χ1) is 13.3. The fourth-order valence-electron chi connectivity index (χ4n) is 3.77. The van der Waals surface area contributed by atoms with E-state index in [0.717, 1.165) is 43.1 Å². The molecule has 4 heterocycles. The number of aryl methyl sites for hydroxylation is 1. The van der Waals surface area contributed by atoms with Gasteiger partial charge in [-0.25, -0.2) is 9.50 Å². The van der Waals surface area contributed by atoms with Crippen LogP contribution in [-0.2, 0) is 0 Å². The first-order valence-electron chi connectivity index (χ1n) is 9.32. The molecule has 0 spiro atoms. The molecule has 6 heteroatoms. The summed E-state index contributed by atoms with van der Waals surface area (Å²) >= 11 is 0. The Morgan fingerprint density at radius 2 is 1.56 bits per heavy atom. The Morgan fingerprint density at radius 3 is 2.30 bits per heavy atom. The molecule has 1 aromatic carbocycles. The van der Waals surface area contributed by atoms with E-state index in [9.17, 15) is 0 Å². The zero-order chi connectivity index (χ0) is 18.2. The van der Waals surface area contributed by atoms with Crippen LogP contribution in [0.4, 0.5) is 11.5 Å². The van der Waals surface area contributed by atoms with Crippen LogP contribution in [0.25, 0.3) is 11.2 Å². The molecule has 0 bridgehead atoms. The van der Waals surface area contributed by atoms with Gasteiger partial charge in [0.2, 0.25) is 0 Å². The molecule has 1 aliphatic heterocycles. The second-order valence-electron chi connectivity index (χ2n) is 6.96. The number of pyridine rings is 1. The number of hydrogen-bond acceptors (Lipinski definition) is 4. The minimum atomic E-state index is 0.988. The molecule has 0 saturated carbocycles. The summed E-state index contributed by atoms with van der Waals surface area (Å²) in [6.45, 7) is 5.99. The number of benzene rings is 1. The predicted octanol–water partition coefficient (Wildman–Crippen LogP) is 3.16. The Balaban J connectivity index is 1.30. The van der Waals surface area contributed by atoms with Gasteiger partial charge in [-0.1, -0.05) is 6.07 Å². The van der Waals surface area contributed by atoms with E-state index in [0.29, 0.717) is 0 Å². The SMILES string of the molecule is Cc1cn(-c2ccc(N3CCN(c4cccc5ccnn45)CC3)cc2)cn1. The maximum Gasteiger partial charge on any atom is 0.130 e. The first-order valence-corrected chi connectivity index (χ1v) is 9.32. The van der Waals surface area contributed by atoms with Crippen molar-refractivity contribution in [3.05, 3.63) is 72.9 Å². The number of hydrogen-bond donors (Lipinski definition) is 0. The summed E-state index contributed by atoms with van der Waals surface area (Å²) in [5.41, 5.74) is 4.58. The zero-order valence-electron chi connectivity index (χ0n) is 15.4. The third-order valence-corrected chi connectivity index (χ3v) is 5.23. The number of fused-ring (bicyclic) bond motifs is 1. The average molecular weight is 358 g/mol. The second kappa shape index (κ2) is 6.46. The molecule has 0 atom stereocenters. The van der Waals surface area contributed by atoms with Crippen LogP contribution in [0.15, 0.2) is 67.3 Å². The number of imidazole rings is 1. The highest BCUT2D eigenvalue weighted by Gasteiger charge is 2.19. The van der Waals surface area contributed by atoms with Crippen LogP contribution in [-0.4, -0.2) is 45.3 Å². The fourth-order valence-corrected chi connectivity index (χ4v) is 3.77. The van der Waals surface area contributed by atoms with Crippen LogP contribution in [0.3, 0.4) is 0 Å². The molecule has 1 saturated heterocycles. The maximum atomic E-state index is 4.47. The number of piperazine rings is 1. The molecule has 0 radical (unpaired) electrons. The van der Waals surface area contributed by atoms with Crippen molar-refractivity contribution in [1.82, 2.24) is 19.2 Å². The van der Waals surface area contributed by atoms with E-state index < -0.39 is 0 Å². The Labute approximate surface area is 158 Å². The average Bonchev–Trinajstić information content (AvgIpc) is 3.37. The molecule has 27 heavy (non-hydrogen) atoms. The largest absolute Gasteiger partial charge is 0.368 e. The number of nitrogens with zero attached hydrogens (tertiary/aromatic N) is 6. The highest BCUT2D eigenvalue weighted by molar-refractivity contribution is 5.56. The van der Waals surface area contributed by atoms with E-state index >= 15 is 0 Å². The molecule has 5 rings (SSSR count). The topological polar surface area (TPSA) is 41.6 Å². The lowest BCUT2D eigenvalue weighted by molar-refractivity contribution is 0.640. The van der Waals surface area contributed by atoms with Gasteiger partial charge < -0.3 is 14.4 Å². The van der Waals surface area contributed by atoms with Crippen molar-refractivity contribution >= 4 is 17.0 Å². The second-order valence-corrected chi connectivity index (χ2v) is 6.96. The van der Waals surface area contributed by atoms with Crippen LogP contribution in [0.1, 0.15) is 5.69 Å². The smallest absolute Gasteiger partial charge is 0.130 e. The van der Waals surface area contributed by atoms with Gasteiger partial charge in [0.1, 0.15) is 5.82 Å². The van der Waals surface area contributed by atoms with E-state index in [4.69, 9.17) is 0 Å². The van der Waals surface area contributed by atoms with Crippen LogP contribution < -0.4 is 9.80 Å². The van der Waals surface area contributed by atoms with Crippen molar-refractivity contribution in [2.24, 2.45) is 0 Å². The fraction of sp³-hybridized carbons (Fsp3) is 0.238. The van der Waals surface area contributed by atoms with Gasteiger partial charge in [0.25, 0.3) is 0 Å². The van der Waals surface area contributed by atoms with Crippen LogP contribution in [0.2, 0.25) is 0 Å². The van der Waals surface area contributed by atoms with E-state index in [1.807, 2.05) is 36.2 Å². The van der Waals surface area contributed by atoms with Crippen molar-refractivity contribution in [2.45, 2.75) is 6.92 Å². The molecule has 0 amide bonds. The molecular formula is C21H22N6. The van der Waals surface area contributed by atoms with Gasteiger partial charge in [-0.05, 0) is 49.4 Å². The molecule has 0 unspecified atom stereocenters. The van der Waals surface area contributed by atoms with E-state index in [2.05, 4.69) is 66.9 Å². The number of anilines is 2. The quantitative estimate of drug-likeness (QED) is 0.564. The summed E-state index contributed by atoms with van der Waals surface area (Å²) in [4.78, 5) is 9.16. The Hall–Kier alpha value is -3.28. The Bertz CT molecular complexity index is 1050. The summed E-state index contributed by atoms with van der Waals surface area (Å²) < 4.78 is 4.08. The van der Waals surface area contributed by atoms with Gasteiger partial charge in [0.15, 0.2) is 0 Å². The standard InChI is InChI=1S/C21H22N6/c1-17-15-26(16-22-17)19-7-5-18(6-8-19)24-11-13-25(14-12-24)21-4-2-3-20-9-10-23-27(20)21/h2-10,15-16H,11-14H2,1H3. The van der Waals surface area contributed by atoms with Gasteiger partial charge in [0, 0.05) is 43.8 Å². The number of aromatic nitrogens is 4. The molecule has 1 aliphatic rings. The van der Waals surface area contributed by atoms with Gasteiger partial charge in [0.05, 0.1) is 23.7 Å². The Morgan fingerprint density at radius 1 is 0.815 bits per heavy atom. The van der Waals surface area contributed by atoms with Crippen LogP contribution in [0, 0.1) is 6.92 Å². The first kappa shape index (κ1) is 15.9. The molecule has 4 aromatic rings. The number of rotatable bonds is 3. The van der Waals surface area contributed by atoms with Gasteiger partial charge in [-0.3, -0.25) is 0 Å². The van der Waals surface area contributed by atoms with Crippen molar-refractivity contribution in [3.8, 4) is 5.69 Å². The predicted molar refractivity (Wildman–Crippen MR) is 108 cm³/mol. The lowest BCUT2D eigenvalue weighted by atomic mass is 10.2. The van der Waals surface area contributed by atoms with Crippen molar-refractivity contribution in [1.29, 1.82) is 0 Å². The van der Waals surface area contributed by atoms with Crippen LogP contribution in [0.5, 0.6) is 0 Å². The highest BCUT2D eigenvalue weighted by atomic mass is 15.4. The molecule has 136 valence electrons. The van der Waals surface area contributed by atoms with Crippen molar-refractivity contribution in [3.63, 3.8) is 0 Å². The van der Waals surface area contributed by atoms with Crippen molar-refractivity contribution < 1.29 is 0 Å². The van der Waals surface area contributed by atoms with Crippen molar-refractivity contribution in [2.75, 3.05) is 36.0 Å². The monoisotopic (exact) mass is 358 g/mol.